The number of rotatable bonds is 4. The van der Waals surface area contributed by atoms with Gasteiger partial charge in [-0.25, -0.2) is 14.6 Å². The molecular formula is C27H11Br2Cl2NO4S2. The molecule has 11 heteroatoms. The molecule has 5 aromatic rings. The highest BCUT2D eigenvalue weighted by Gasteiger charge is 2.28. The maximum Gasteiger partial charge on any atom is 0.363 e. The first-order valence-corrected chi connectivity index (χ1v) is 14.9. The fraction of sp³-hybridized carbons (Fsp3) is 0. The summed E-state index contributed by atoms with van der Waals surface area (Å²) in [6.07, 6.45) is 1.51. The first-order valence-electron chi connectivity index (χ1n) is 10.9. The molecule has 0 atom stereocenters. The van der Waals surface area contributed by atoms with E-state index in [-0.39, 0.29) is 22.2 Å². The summed E-state index contributed by atoms with van der Waals surface area (Å²) in [5.41, 5.74) is 0.501. The maximum atomic E-state index is 13.1. The molecule has 6 rings (SSSR count). The number of aliphatic imine (C=N–C) groups is 1. The molecule has 0 N–H and O–H groups in total. The van der Waals surface area contributed by atoms with E-state index in [1.54, 1.807) is 18.2 Å². The van der Waals surface area contributed by atoms with E-state index >= 15 is 0 Å². The van der Waals surface area contributed by atoms with Crippen LogP contribution in [0.15, 0.2) is 80.3 Å². The van der Waals surface area contributed by atoms with E-state index in [9.17, 15) is 9.59 Å². The molecule has 0 fully saturated rings. The summed E-state index contributed by atoms with van der Waals surface area (Å²) in [5, 5.41) is 2.43. The number of thiophene rings is 2. The minimum atomic E-state index is -0.635. The van der Waals surface area contributed by atoms with Crippen molar-refractivity contribution in [2.24, 2.45) is 4.99 Å². The molecule has 3 heterocycles. The van der Waals surface area contributed by atoms with Crippen LogP contribution in [0, 0.1) is 0 Å². The highest BCUT2D eigenvalue weighted by atomic mass is 79.9. The number of halogens is 4. The van der Waals surface area contributed by atoms with Crippen LogP contribution in [-0.2, 0) is 9.53 Å². The molecule has 0 aliphatic carbocycles. The molecule has 188 valence electrons. The Labute approximate surface area is 250 Å². The molecule has 3 aromatic carbocycles. The summed E-state index contributed by atoms with van der Waals surface area (Å²) in [4.78, 5) is 31.1. The average molecular weight is 708 g/mol. The van der Waals surface area contributed by atoms with Crippen LogP contribution in [0.4, 0.5) is 0 Å². The van der Waals surface area contributed by atoms with E-state index in [1.165, 1.54) is 28.7 Å². The van der Waals surface area contributed by atoms with Crippen LogP contribution in [-0.4, -0.2) is 17.8 Å². The number of esters is 2. The van der Waals surface area contributed by atoms with Crippen LogP contribution in [0.5, 0.6) is 5.75 Å². The lowest BCUT2D eigenvalue weighted by atomic mass is 10.1. The Morgan fingerprint density at radius 1 is 0.921 bits per heavy atom. The molecule has 1 aliphatic rings. The van der Waals surface area contributed by atoms with Crippen molar-refractivity contribution in [3.63, 3.8) is 0 Å². The summed E-state index contributed by atoms with van der Waals surface area (Å²) < 4.78 is 14.6. The molecule has 1 aliphatic heterocycles. The SMILES string of the molecule is O=C1OC(c2sc3ccccc3c2Cl)=N/C1=C/c1cc(Br)ccc1OC(=O)c1sc2cc(Br)ccc2c1Cl. The number of hydrogen-bond donors (Lipinski definition) is 0. The van der Waals surface area contributed by atoms with Gasteiger partial charge in [-0.05, 0) is 42.5 Å². The molecule has 5 nitrogen and oxygen atoms in total. The van der Waals surface area contributed by atoms with Crippen LogP contribution >= 0.6 is 77.7 Å². The summed E-state index contributed by atoms with van der Waals surface area (Å²) >= 11 is 22.5. The van der Waals surface area contributed by atoms with Crippen LogP contribution in [0.3, 0.4) is 0 Å². The first kappa shape index (κ1) is 25.7. The molecule has 38 heavy (non-hydrogen) atoms. The van der Waals surface area contributed by atoms with Crippen molar-refractivity contribution in [1.82, 2.24) is 0 Å². The predicted molar refractivity (Wildman–Crippen MR) is 161 cm³/mol. The lowest BCUT2D eigenvalue weighted by Crippen LogP contribution is -2.08. The molecule has 2 aromatic heterocycles. The van der Waals surface area contributed by atoms with Gasteiger partial charge in [-0.1, -0.05) is 79.3 Å². The van der Waals surface area contributed by atoms with Gasteiger partial charge in [0, 0.05) is 34.7 Å². The standard InChI is InChI=1S/C27H11Br2Cl2NO4S2/c28-13-6-8-18(35-27(34)24-22(31)16-7-5-14(29)11-20(16)38-24)12(9-13)10-17-26(33)36-25(32-17)23-21(30)15-3-1-2-4-19(15)37-23/h1-11H/b17-10+. The Kier molecular flexibility index (Phi) is 6.92. The second-order valence-corrected chi connectivity index (χ2v) is 12.7. The van der Waals surface area contributed by atoms with E-state index in [2.05, 4.69) is 36.9 Å². The molecular weight excluding hydrogens is 697 g/mol. The van der Waals surface area contributed by atoms with Crippen molar-refractivity contribution in [3.05, 3.63) is 101 Å². The minimum absolute atomic E-state index is 0.0497. The van der Waals surface area contributed by atoms with Gasteiger partial charge in [0.25, 0.3) is 0 Å². The molecule has 0 unspecified atom stereocenters. The molecule has 0 amide bonds. The van der Waals surface area contributed by atoms with Crippen LogP contribution in [0.1, 0.15) is 20.1 Å². The number of cyclic esters (lactones) is 1. The van der Waals surface area contributed by atoms with Crippen molar-refractivity contribution in [1.29, 1.82) is 0 Å². The van der Waals surface area contributed by atoms with Crippen LogP contribution in [0.2, 0.25) is 10.0 Å². The van der Waals surface area contributed by atoms with Crippen molar-refractivity contribution in [2.45, 2.75) is 0 Å². The summed E-state index contributed by atoms with van der Waals surface area (Å²) in [5.74, 6) is -0.880. The number of ether oxygens (including phenoxy) is 2. The average Bonchev–Trinajstić information content (AvgIpc) is 3.54. The number of nitrogens with zero attached hydrogens (tertiary/aromatic N) is 1. The van der Waals surface area contributed by atoms with Gasteiger partial charge < -0.3 is 9.47 Å². The lowest BCUT2D eigenvalue weighted by molar-refractivity contribution is -0.129. The number of fused-ring (bicyclic) bond motifs is 2. The minimum Gasteiger partial charge on any atom is -0.422 e. The first-order chi connectivity index (χ1) is 18.3. The third-order valence-electron chi connectivity index (χ3n) is 5.59. The fourth-order valence-corrected chi connectivity index (χ4v) is 7.60. The monoisotopic (exact) mass is 705 g/mol. The van der Waals surface area contributed by atoms with Gasteiger partial charge in [-0.3, -0.25) is 0 Å². The molecule has 0 radical (unpaired) electrons. The topological polar surface area (TPSA) is 65.0 Å². The largest absolute Gasteiger partial charge is 0.422 e. The lowest BCUT2D eigenvalue weighted by Gasteiger charge is -2.08. The van der Waals surface area contributed by atoms with Crippen molar-refractivity contribution in [2.75, 3.05) is 0 Å². The highest BCUT2D eigenvalue weighted by molar-refractivity contribution is 9.10. The number of carbonyl (C=O) groups excluding carboxylic acids is 2. The Bertz CT molecular complexity index is 1880. The second-order valence-electron chi connectivity index (χ2n) is 8.03. The van der Waals surface area contributed by atoms with E-state index < -0.39 is 11.9 Å². The normalized spacial score (nSPS) is 14.4. The maximum absolute atomic E-state index is 13.1. The Morgan fingerprint density at radius 3 is 2.47 bits per heavy atom. The van der Waals surface area contributed by atoms with E-state index in [4.69, 9.17) is 32.7 Å². The smallest absolute Gasteiger partial charge is 0.363 e. The van der Waals surface area contributed by atoms with Gasteiger partial charge in [0.2, 0.25) is 5.90 Å². The Balaban J connectivity index is 1.35. The van der Waals surface area contributed by atoms with E-state index in [0.717, 1.165) is 29.1 Å². The Morgan fingerprint density at radius 2 is 1.66 bits per heavy atom. The van der Waals surface area contributed by atoms with Crippen molar-refractivity contribution in [3.8, 4) is 5.75 Å². The number of benzene rings is 3. The molecule has 0 spiro atoms. The predicted octanol–water partition coefficient (Wildman–Crippen LogP) is 9.51. The van der Waals surface area contributed by atoms with Crippen molar-refractivity contribution >= 4 is 122 Å². The van der Waals surface area contributed by atoms with Crippen LogP contribution in [0.25, 0.3) is 26.2 Å². The fourth-order valence-electron chi connectivity index (χ4n) is 3.85. The van der Waals surface area contributed by atoms with Crippen molar-refractivity contribution < 1.29 is 19.1 Å². The third-order valence-corrected chi connectivity index (χ3v) is 9.88. The zero-order valence-electron chi connectivity index (χ0n) is 18.8. The van der Waals surface area contributed by atoms with E-state index in [1.807, 2.05) is 42.5 Å². The highest BCUT2D eigenvalue weighted by Crippen LogP contribution is 2.39. The molecule has 0 bridgehead atoms. The summed E-state index contributed by atoms with van der Waals surface area (Å²) in [6.45, 7) is 0. The number of carbonyl (C=O) groups is 2. The zero-order chi connectivity index (χ0) is 26.6. The molecule has 0 saturated heterocycles. The third kappa shape index (κ3) is 4.72. The second kappa shape index (κ2) is 10.2. The quantitative estimate of drug-likeness (QED) is 0.106. The number of hydrogen-bond acceptors (Lipinski definition) is 7. The van der Waals surface area contributed by atoms with Gasteiger partial charge in [-0.2, -0.15) is 0 Å². The zero-order valence-corrected chi connectivity index (χ0v) is 25.1. The van der Waals surface area contributed by atoms with Gasteiger partial charge in [-0.15, -0.1) is 22.7 Å². The van der Waals surface area contributed by atoms with Gasteiger partial charge in [0.15, 0.2) is 5.70 Å². The van der Waals surface area contributed by atoms with E-state index in [0.29, 0.717) is 20.5 Å². The summed E-state index contributed by atoms with van der Waals surface area (Å²) in [7, 11) is 0. The van der Waals surface area contributed by atoms with Crippen LogP contribution < -0.4 is 4.74 Å². The van der Waals surface area contributed by atoms with Gasteiger partial charge in [0.05, 0.1) is 10.0 Å². The molecule has 0 saturated carbocycles. The van der Waals surface area contributed by atoms with Gasteiger partial charge in [0.1, 0.15) is 15.5 Å². The summed E-state index contributed by atoms with van der Waals surface area (Å²) in [6, 6.07) is 18.3. The Hall–Kier alpha value is -2.53. The van der Waals surface area contributed by atoms with Gasteiger partial charge >= 0.3 is 11.9 Å².